The molecule has 162 valence electrons. The first-order chi connectivity index (χ1) is 14.0. The van der Waals surface area contributed by atoms with Gasteiger partial charge in [0.05, 0.1) is 19.1 Å². The highest BCUT2D eigenvalue weighted by atomic mass is 19.2. The predicted octanol–water partition coefficient (Wildman–Crippen LogP) is 5.39. The molecule has 0 bridgehead atoms. The molecule has 0 radical (unpaired) electrons. The van der Waals surface area contributed by atoms with Crippen LogP contribution in [0.3, 0.4) is 0 Å². The van der Waals surface area contributed by atoms with Crippen LogP contribution >= 0.6 is 0 Å². The normalized spacial score (nSPS) is 27.6. The minimum absolute atomic E-state index is 0.227. The standard InChI is InChI=1S/C22H29F3O4/c1-2-3-4-5-14-12-27-22(28-13-14)16-8-6-15(7-9-16)21(26)29-17-10-18(23)20(25)19(24)11-17/h10-11,14-16,22H,2-9,12-13H2,1H3. The topological polar surface area (TPSA) is 44.8 Å². The summed E-state index contributed by atoms with van der Waals surface area (Å²) in [7, 11) is 0. The summed E-state index contributed by atoms with van der Waals surface area (Å²) in [6.45, 7) is 3.63. The maximum Gasteiger partial charge on any atom is 0.314 e. The Hall–Kier alpha value is -1.60. The van der Waals surface area contributed by atoms with Crippen LogP contribution in [0.15, 0.2) is 12.1 Å². The molecular formula is C22H29F3O4. The van der Waals surface area contributed by atoms with E-state index in [1.807, 2.05) is 0 Å². The summed E-state index contributed by atoms with van der Waals surface area (Å²) < 4.78 is 56.5. The maximum atomic E-state index is 13.3. The summed E-state index contributed by atoms with van der Waals surface area (Å²) in [4.78, 5) is 12.3. The van der Waals surface area contributed by atoms with Crippen LogP contribution in [0.4, 0.5) is 13.2 Å². The van der Waals surface area contributed by atoms with Crippen LogP contribution in [0.5, 0.6) is 5.75 Å². The molecule has 1 aromatic rings. The molecule has 0 amide bonds. The summed E-state index contributed by atoms with van der Waals surface area (Å²) in [5.74, 6) is -4.86. The zero-order valence-electron chi connectivity index (χ0n) is 16.8. The molecule has 1 aliphatic carbocycles. The van der Waals surface area contributed by atoms with Crippen molar-refractivity contribution in [3.63, 3.8) is 0 Å². The Kier molecular flexibility index (Phi) is 7.95. The number of carbonyl (C=O) groups excluding carboxylic acids is 1. The van der Waals surface area contributed by atoms with E-state index in [1.165, 1.54) is 19.3 Å². The van der Waals surface area contributed by atoms with Crippen LogP contribution < -0.4 is 4.74 Å². The molecule has 2 aliphatic rings. The van der Waals surface area contributed by atoms with Crippen molar-refractivity contribution in [2.75, 3.05) is 13.2 Å². The summed E-state index contributed by atoms with van der Waals surface area (Å²) >= 11 is 0. The quantitative estimate of drug-likeness (QED) is 0.260. The SMILES string of the molecule is CCCCCC1COC(C2CCC(C(=O)Oc3cc(F)c(F)c(F)c3)CC2)OC1. The van der Waals surface area contributed by atoms with E-state index in [2.05, 4.69) is 6.92 Å². The summed E-state index contributed by atoms with van der Waals surface area (Å²) in [5.41, 5.74) is 0. The maximum absolute atomic E-state index is 13.3. The van der Waals surface area contributed by atoms with Crippen LogP contribution in [-0.4, -0.2) is 25.5 Å². The Morgan fingerprint density at radius 1 is 1.03 bits per heavy atom. The molecule has 3 rings (SSSR count). The van der Waals surface area contributed by atoms with Crippen molar-refractivity contribution in [3.05, 3.63) is 29.6 Å². The highest BCUT2D eigenvalue weighted by molar-refractivity contribution is 5.75. The lowest BCUT2D eigenvalue weighted by molar-refractivity contribution is -0.230. The minimum Gasteiger partial charge on any atom is -0.426 e. The smallest absolute Gasteiger partial charge is 0.314 e. The Morgan fingerprint density at radius 3 is 2.24 bits per heavy atom. The third kappa shape index (κ3) is 5.95. The van der Waals surface area contributed by atoms with Gasteiger partial charge < -0.3 is 14.2 Å². The zero-order chi connectivity index (χ0) is 20.8. The third-order valence-corrected chi connectivity index (χ3v) is 5.87. The molecule has 1 aromatic carbocycles. The number of esters is 1. The van der Waals surface area contributed by atoms with E-state index >= 15 is 0 Å². The van der Waals surface area contributed by atoms with Gasteiger partial charge in [-0.25, -0.2) is 13.2 Å². The lowest BCUT2D eigenvalue weighted by Crippen LogP contribution is -2.39. The second-order valence-corrected chi connectivity index (χ2v) is 8.13. The Balaban J connectivity index is 1.42. The van der Waals surface area contributed by atoms with Crippen molar-refractivity contribution in [1.29, 1.82) is 0 Å². The van der Waals surface area contributed by atoms with Gasteiger partial charge in [-0.2, -0.15) is 0 Å². The van der Waals surface area contributed by atoms with Gasteiger partial charge in [0.25, 0.3) is 0 Å². The van der Waals surface area contributed by atoms with Gasteiger partial charge in [-0.1, -0.05) is 26.2 Å². The molecule has 1 saturated carbocycles. The second-order valence-electron chi connectivity index (χ2n) is 8.13. The van der Waals surface area contributed by atoms with Gasteiger partial charge in [-0.15, -0.1) is 0 Å². The molecule has 0 aromatic heterocycles. The number of unbranched alkanes of at least 4 members (excludes halogenated alkanes) is 2. The Bertz CT molecular complexity index is 658. The molecule has 1 saturated heterocycles. The van der Waals surface area contributed by atoms with Gasteiger partial charge >= 0.3 is 5.97 Å². The number of rotatable bonds is 7. The molecule has 0 atom stereocenters. The van der Waals surface area contributed by atoms with E-state index in [4.69, 9.17) is 14.2 Å². The van der Waals surface area contributed by atoms with Crippen molar-refractivity contribution in [3.8, 4) is 5.75 Å². The number of halogens is 3. The van der Waals surface area contributed by atoms with Crippen LogP contribution in [0, 0.1) is 35.2 Å². The first-order valence-electron chi connectivity index (χ1n) is 10.6. The lowest BCUT2D eigenvalue weighted by Gasteiger charge is -2.37. The first-order valence-corrected chi connectivity index (χ1v) is 10.6. The molecule has 1 aliphatic heterocycles. The molecule has 4 nitrogen and oxygen atoms in total. The summed E-state index contributed by atoms with van der Waals surface area (Å²) in [6, 6.07) is 1.37. The molecule has 0 unspecified atom stereocenters. The van der Waals surface area contributed by atoms with Gasteiger partial charge in [-0.3, -0.25) is 4.79 Å². The highest BCUT2D eigenvalue weighted by Gasteiger charge is 2.35. The third-order valence-electron chi connectivity index (χ3n) is 5.87. The van der Waals surface area contributed by atoms with Gasteiger partial charge in [-0.05, 0) is 32.1 Å². The first kappa shape index (κ1) is 22.1. The van der Waals surface area contributed by atoms with Gasteiger partial charge in [0.1, 0.15) is 5.75 Å². The molecule has 7 heteroatoms. The van der Waals surface area contributed by atoms with Crippen molar-refractivity contribution in [1.82, 2.24) is 0 Å². The average Bonchev–Trinajstić information content (AvgIpc) is 2.73. The van der Waals surface area contributed by atoms with Crippen molar-refractivity contribution < 1.29 is 32.2 Å². The van der Waals surface area contributed by atoms with Crippen LogP contribution in [0.1, 0.15) is 58.3 Å². The van der Waals surface area contributed by atoms with Crippen molar-refractivity contribution >= 4 is 5.97 Å². The Morgan fingerprint density at radius 2 is 1.66 bits per heavy atom. The second kappa shape index (κ2) is 10.4. The summed E-state index contributed by atoms with van der Waals surface area (Å²) in [6.07, 6.45) is 7.25. The van der Waals surface area contributed by atoms with Crippen LogP contribution in [0.2, 0.25) is 0 Å². The van der Waals surface area contributed by atoms with E-state index in [-0.39, 0.29) is 23.9 Å². The van der Waals surface area contributed by atoms with Gasteiger partial charge in [0.15, 0.2) is 23.7 Å². The lowest BCUT2D eigenvalue weighted by atomic mass is 9.81. The number of benzene rings is 1. The molecule has 1 heterocycles. The Labute approximate surface area is 169 Å². The zero-order valence-corrected chi connectivity index (χ0v) is 16.8. The van der Waals surface area contributed by atoms with Crippen molar-refractivity contribution in [2.45, 2.75) is 64.6 Å². The largest absolute Gasteiger partial charge is 0.426 e. The van der Waals surface area contributed by atoms with E-state index < -0.39 is 23.4 Å². The average molecular weight is 414 g/mol. The minimum atomic E-state index is -1.58. The monoisotopic (exact) mass is 414 g/mol. The van der Waals surface area contributed by atoms with Crippen LogP contribution in [-0.2, 0) is 14.3 Å². The summed E-state index contributed by atoms with van der Waals surface area (Å²) in [5, 5.41) is 0. The molecule has 29 heavy (non-hydrogen) atoms. The van der Waals surface area contributed by atoms with Crippen molar-refractivity contribution in [2.24, 2.45) is 17.8 Å². The van der Waals surface area contributed by atoms with E-state index in [1.54, 1.807) is 0 Å². The van der Waals surface area contributed by atoms with Crippen LogP contribution in [0.25, 0.3) is 0 Å². The van der Waals surface area contributed by atoms with E-state index in [9.17, 15) is 18.0 Å². The fourth-order valence-corrected chi connectivity index (χ4v) is 4.10. The number of hydrogen-bond donors (Lipinski definition) is 0. The van der Waals surface area contributed by atoms with E-state index in [0.29, 0.717) is 30.9 Å². The molecule has 2 fully saturated rings. The van der Waals surface area contributed by atoms with Gasteiger partial charge in [0, 0.05) is 24.0 Å². The number of hydrogen-bond acceptors (Lipinski definition) is 4. The number of carbonyl (C=O) groups is 1. The molecule has 0 N–H and O–H groups in total. The molecule has 0 spiro atoms. The molecular weight excluding hydrogens is 385 g/mol. The van der Waals surface area contributed by atoms with Gasteiger partial charge in [0.2, 0.25) is 0 Å². The highest BCUT2D eigenvalue weighted by Crippen LogP contribution is 2.35. The predicted molar refractivity (Wildman–Crippen MR) is 101 cm³/mol. The fourth-order valence-electron chi connectivity index (χ4n) is 4.10. The number of ether oxygens (including phenoxy) is 3. The fraction of sp³-hybridized carbons (Fsp3) is 0.682. The van der Waals surface area contributed by atoms with E-state index in [0.717, 1.165) is 32.5 Å².